The Bertz CT molecular complexity index is 1230. The van der Waals surface area contributed by atoms with Gasteiger partial charge >= 0.3 is 0 Å². The fraction of sp³-hybridized carbons (Fsp3) is 0.346. The zero-order valence-corrected chi connectivity index (χ0v) is 21.0. The van der Waals surface area contributed by atoms with E-state index in [4.69, 9.17) is 0 Å². The monoisotopic (exact) mass is 504 g/mol. The van der Waals surface area contributed by atoms with Crippen LogP contribution in [0.25, 0.3) is 0 Å². The molecule has 0 bridgehead atoms. The smallest absolute Gasteiger partial charge is 0.230 e. The Hall–Kier alpha value is -3.17. The molecule has 0 saturated heterocycles. The molecule has 1 amide bonds. The second-order valence-corrected chi connectivity index (χ2v) is 10.8. The molecule has 35 heavy (non-hydrogen) atoms. The first-order valence-corrected chi connectivity index (χ1v) is 13.6. The maximum Gasteiger partial charge on any atom is 0.230 e. The lowest BCUT2D eigenvalue weighted by molar-refractivity contribution is -0.115. The summed E-state index contributed by atoms with van der Waals surface area (Å²) in [6, 6.07) is 20.2. The number of aromatic nitrogens is 4. The lowest BCUT2D eigenvalue weighted by Gasteiger charge is -2.25. The summed E-state index contributed by atoms with van der Waals surface area (Å²) in [7, 11) is 0. The predicted octanol–water partition coefficient (Wildman–Crippen LogP) is 5.67. The molecule has 0 unspecified atom stereocenters. The number of rotatable bonds is 9. The number of anilines is 2. The van der Waals surface area contributed by atoms with E-state index in [1.165, 1.54) is 16.9 Å². The predicted molar refractivity (Wildman–Crippen MR) is 141 cm³/mol. The summed E-state index contributed by atoms with van der Waals surface area (Å²) in [4.78, 5) is 12.4. The van der Waals surface area contributed by atoms with Crippen LogP contribution in [0.15, 0.2) is 60.7 Å². The lowest BCUT2D eigenvalue weighted by Crippen LogP contribution is -2.14. The Morgan fingerprint density at radius 1 is 0.800 bits per heavy atom. The third-order valence-corrected chi connectivity index (χ3v) is 8.29. The zero-order chi connectivity index (χ0) is 23.9. The van der Waals surface area contributed by atoms with Crippen molar-refractivity contribution < 1.29 is 4.79 Å². The number of hydrogen-bond donors (Lipinski definition) is 2. The van der Waals surface area contributed by atoms with Crippen LogP contribution in [0.5, 0.6) is 0 Å². The minimum absolute atomic E-state index is 0.0680. The summed E-state index contributed by atoms with van der Waals surface area (Å²) in [5.74, 6) is 0.655. The standard InChI is InChI=1S/C26H28N6OS2/c33-22(16-19-10-5-2-6-11-19)28-26-32-30-24(35-26)21-13-7-12-20(17-21)23-29-31-25(34-23)27-15-14-18-8-3-1-4-9-18/h1-6,8-11,20-21H,7,12-17H2,(H,27,31)(H,28,32,33)/t20-,21-/m0/s1. The molecule has 0 radical (unpaired) electrons. The van der Waals surface area contributed by atoms with Gasteiger partial charge in [-0.2, -0.15) is 0 Å². The number of amides is 1. The third-order valence-electron chi connectivity index (χ3n) is 6.24. The van der Waals surface area contributed by atoms with Gasteiger partial charge in [0, 0.05) is 18.4 Å². The van der Waals surface area contributed by atoms with Gasteiger partial charge in [0.05, 0.1) is 6.42 Å². The molecule has 1 fully saturated rings. The Kier molecular flexibility index (Phi) is 7.75. The molecule has 2 heterocycles. The molecule has 1 aliphatic carbocycles. The van der Waals surface area contributed by atoms with Crippen molar-refractivity contribution in [2.45, 2.75) is 50.4 Å². The minimum Gasteiger partial charge on any atom is -0.360 e. The van der Waals surface area contributed by atoms with Crippen molar-refractivity contribution >= 4 is 38.8 Å². The summed E-state index contributed by atoms with van der Waals surface area (Å²) in [5.41, 5.74) is 2.29. The van der Waals surface area contributed by atoms with Crippen molar-refractivity contribution in [1.29, 1.82) is 0 Å². The Morgan fingerprint density at radius 2 is 1.40 bits per heavy atom. The molecule has 2 aromatic heterocycles. The van der Waals surface area contributed by atoms with Crippen LogP contribution < -0.4 is 10.6 Å². The van der Waals surface area contributed by atoms with Gasteiger partial charge in [0.1, 0.15) is 10.0 Å². The molecular weight excluding hydrogens is 476 g/mol. The van der Waals surface area contributed by atoms with Crippen molar-refractivity contribution in [3.63, 3.8) is 0 Å². The Balaban J connectivity index is 1.13. The van der Waals surface area contributed by atoms with Gasteiger partial charge in [0.15, 0.2) is 0 Å². The van der Waals surface area contributed by atoms with Crippen molar-refractivity contribution in [3.05, 3.63) is 81.8 Å². The molecule has 2 aromatic carbocycles. The van der Waals surface area contributed by atoms with E-state index in [-0.39, 0.29) is 5.91 Å². The van der Waals surface area contributed by atoms with Crippen LogP contribution in [-0.2, 0) is 17.6 Å². The lowest BCUT2D eigenvalue weighted by atomic mass is 9.82. The van der Waals surface area contributed by atoms with Crippen LogP contribution in [0, 0.1) is 0 Å². The highest BCUT2D eigenvalue weighted by molar-refractivity contribution is 7.15. The van der Waals surface area contributed by atoms with Crippen LogP contribution in [-0.4, -0.2) is 32.8 Å². The summed E-state index contributed by atoms with van der Waals surface area (Å²) in [6.07, 6.45) is 5.62. The zero-order valence-electron chi connectivity index (χ0n) is 19.4. The van der Waals surface area contributed by atoms with Gasteiger partial charge in [-0.15, -0.1) is 20.4 Å². The number of hydrogen-bond acceptors (Lipinski definition) is 8. The molecule has 4 aromatic rings. The molecule has 2 atom stereocenters. The van der Waals surface area contributed by atoms with Crippen LogP contribution in [0.2, 0.25) is 0 Å². The van der Waals surface area contributed by atoms with Crippen LogP contribution in [0.4, 0.5) is 10.3 Å². The fourth-order valence-electron chi connectivity index (χ4n) is 4.46. The first-order valence-electron chi connectivity index (χ1n) is 12.0. The van der Waals surface area contributed by atoms with Crippen molar-refractivity contribution in [2.75, 3.05) is 17.2 Å². The van der Waals surface area contributed by atoms with Crippen molar-refractivity contribution in [1.82, 2.24) is 20.4 Å². The molecule has 5 rings (SSSR count). The summed E-state index contributed by atoms with van der Waals surface area (Å²) < 4.78 is 0. The molecule has 9 heteroatoms. The number of nitrogens with one attached hydrogen (secondary N) is 2. The molecule has 1 aliphatic rings. The average Bonchev–Trinajstić information content (AvgIpc) is 3.55. The van der Waals surface area contributed by atoms with Crippen LogP contribution >= 0.6 is 22.7 Å². The number of benzene rings is 2. The largest absolute Gasteiger partial charge is 0.360 e. The van der Waals surface area contributed by atoms with Crippen molar-refractivity contribution in [2.24, 2.45) is 0 Å². The third kappa shape index (κ3) is 6.49. The number of carbonyl (C=O) groups excluding carboxylic acids is 1. The number of carbonyl (C=O) groups is 1. The van der Waals surface area contributed by atoms with Gasteiger partial charge in [0.25, 0.3) is 0 Å². The maximum atomic E-state index is 12.4. The van der Waals surface area contributed by atoms with Crippen LogP contribution in [0.3, 0.4) is 0 Å². The van der Waals surface area contributed by atoms with E-state index in [0.717, 1.165) is 59.4 Å². The molecular formula is C26H28N6OS2. The van der Waals surface area contributed by atoms with Crippen molar-refractivity contribution in [3.8, 4) is 0 Å². The van der Waals surface area contributed by atoms with Crippen LogP contribution in [0.1, 0.15) is 58.7 Å². The van der Waals surface area contributed by atoms with E-state index in [0.29, 0.717) is 23.4 Å². The first-order chi connectivity index (χ1) is 17.2. The maximum absolute atomic E-state index is 12.4. The molecule has 2 N–H and O–H groups in total. The molecule has 180 valence electrons. The molecule has 0 spiro atoms. The highest BCUT2D eigenvalue weighted by atomic mass is 32.1. The quantitative estimate of drug-likeness (QED) is 0.305. The van der Waals surface area contributed by atoms with Gasteiger partial charge in [0.2, 0.25) is 16.2 Å². The van der Waals surface area contributed by atoms with Gasteiger partial charge in [-0.1, -0.05) is 89.8 Å². The second-order valence-electron chi connectivity index (χ2n) is 8.82. The number of nitrogens with zero attached hydrogens (tertiary/aromatic N) is 4. The van der Waals surface area contributed by atoms with E-state index < -0.39 is 0 Å². The topological polar surface area (TPSA) is 92.7 Å². The first kappa shape index (κ1) is 23.6. The minimum atomic E-state index is -0.0680. The van der Waals surface area contributed by atoms with E-state index >= 15 is 0 Å². The van der Waals surface area contributed by atoms with Gasteiger partial charge in [-0.3, -0.25) is 4.79 Å². The second kappa shape index (κ2) is 11.5. The fourth-order valence-corrected chi connectivity index (χ4v) is 6.29. The van der Waals surface area contributed by atoms with Gasteiger partial charge < -0.3 is 10.6 Å². The normalized spacial score (nSPS) is 17.7. The highest BCUT2D eigenvalue weighted by Crippen LogP contribution is 2.43. The molecule has 7 nitrogen and oxygen atoms in total. The molecule has 0 aliphatic heterocycles. The average molecular weight is 505 g/mol. The summed E-state index contributed by atoms with van der Waals surface area (Å²) >= 11 is 3.15. The van der Waals surface area contributed by atoms with E-state index in [1.54, 1.807) is 11.3 Å². The summed E-state index contributed by atoms with van der Waals surface area (Å²) in [6.45, 7) is 0.843. The highest BCUT2D eigenvalue weighted by Gasteiger charge is 2.29. The van der Waals surface area contributed by atoms with Gasteiger partial charge in [-0.25, -0.2) is 0 Å². The molecule has 1 saturated carbocycles. The van der Waals surface area contributed by atoms with E-state index in [2.05, 4.69) is 55.3 Å². The Labute approximate surface area is 213 Å². The summed E-state index contributed by atoms with van der Waals surface area (Å²) in [5, 5.41) is 27.4. The van der Waals surface area contributed by atoms with E-state index in [1.807, 2.05) is 36.4 Å². The Morgan fingerprint density at radius 3 is 2.09 bits per heavy atom. The van der Waals surface area contributed by atoms with Gasteiger partial charge in [-0.05, 0) is 36.8 Å². The van der Waals surface area contributed by atoms with E-state index in [9.17, 15) is 4.79 Å². The SMILES string of the molecule is O=C(Cc1ccccc1)Nc1nnc([C@H]2CCC[C@H](c3nnc(NCCc4ccccc4)s3)C2)s1.